The number of fused-ring (bicyclic) bond motifs is 1. The maximum atomic E-state index is 13.0. The minimum Gasteiger partial charge on any atom is -0.337 e. The Kier molecular flexibility index (Phi) is 4.56. The number of amides is 1. The van der Waals surface area contributed by atoms with Crippen molar-refractivity contribution in [3.05, 3.63) is 33.4 Å². The van der Waals surface area contributed by atoms with E-state index in [-0.39, 0.29) is 11.5 Å². The van der Waals surface area contributed by atoms with Gasteiger partial charge in [0, 0.05) is 36.6 Å². The number of H-pyrrole nitrogens is 1. The van der Waals surface area contributed by atoms with Gasteiger partial charge in [0.05, 0.1) is 11.4 Å². The van der Waals surface area contributed by atoms with Crippen LogP contribution in [0.1, 0.15) is 40.5 Å². The number of nitrogens with zero attached hydrogens (tertiary/aromatic N) is 3. The highest BCUT2D eigenvalue weighted by Gasteiger charge is 2.27. The molecule has 0 radical (unpaired) electrons. The molecule has 2 aromatic heterocycles. The first kappa shape index (κ1) is 16.7. The van der Waals surface area contributed by atoms with E-state index in [2.05, 4.69) is 15.4 Å². The second-order valence-electron chi connectivity index (χ2n) is 6.71. The number of aromatic nitrogens is 3. The molecule has 7 nitrogen and oxygen atoms in total. The van der Waals surface area contributed by atoms with E-state index in [9.17, 15) is 9.59 Å². The average molecular weight is 361 g/mol. The number of aromatic amines is 1. The molecule has 134 valence electrons. The van der Waals surface area contributed by atoms with E-state index in [0.29, 0.717) is 22.8 Å². The van der Waals surface area contributed by atoms with Crippen molar-refractivity contribution in [2.45, 2.75) is 25.7 Å². The third-order valence-corrected chi connectivity index (χ3v) is 6.04. The number of carbonyl (C=O) groups excluding carboxylic acids is 1. The normalized spacial score (nSPS) is 19.5. The topological polar surface area (TPSA) is 82.5 Å². The molecule has 0 spiro atoms. The Morgan fingerprint density at radius 1 is 1.28 bits per heavy atom. The van der Waals surface area contributed by atoms with E-state index < -0.39 is 0 Å². The highest BCUT2D eigenvalue weighted by atomic mass is 32.2. The minimum absolute atomic E-state index is 0.0223. The smallest absolute Gasteiger partial charge is 0.259 e. The number of hydrogen-bond donors (Lipinski definition) is 2. The van der Waals surface area contributed by atoms with E-state index in [1.54, 1.807) is 10.6 Å². The maximum absolute atomic E-state index is 13.0. The second kappa shape index (κ2) is 6.84. The van der Waals surface area contributed by atoms with Crippen LogP contribution >= 0.6 is 11.8 Å². The SMILES string of the molecule is Cc1nn2c(C3CCNCC3)cc(=O)[nH]c2c1C(=O)N1CCSCC1. The van der Waals surface area contributed by atoms with Crippen molar-refractivity contribution in [3.8, 4) is 0 Å². The fourth-order valence-electron chi connectivity index (χ4n) is 3.77. The molecular weight excluding hydrogens is 338 g/mol. The van der Waals surface area contributed by atoms with Crippen molar-refractivity contribution < 1.29 is 4.79 Å². The number of hydrogen-bond acceptors (Lipinski definition) is 5. The first-order chi connectivity index (χ1) is 12.1. The number of rotatable bonds is 2. The zero-order valence-electron chi connectivity index (χ0n) is 14.4. The highest BCUT2D eigenvalue weighted by molar-refractivity contribution is 7.99. The summed E-state index contributed by atoms with van der Waals surface area (Å²) in [5, 5.41) is 7.97. The van der Waals surface area contributed by atoms with Crippen molar-refractivity contribution in [1.82, 2.24) is 24.8 Å². The molecule has 4 rings (SSSR count). The predicted octanol–water partition coefficient (Wildman–Crippen LogP) is 0.987. The van der Waals surface area contributed by atoms with Gasteiger partial charge in [-0.1, -0.05) is 0 Å². The Hall–Kier alpha value is -1.80. The van der Waals surface area contributed by atoms with Crippen molar-refractivity contribution in [2.75, 3.05) is 37.7 Å². The van der Waals surface area contributed by atoms with E-state index in [0.717, 1.165) is 56.2 Å². The lowest BCUT2D eigenvalue weighted by Gasteiger charge is -2.26. The fourth-order valence-corrected chi connectivity index (χ4v) is 4.67. The van der Waals surface area contributed by atoms with Crippen LogP contribution in [0.25, 0.3) is 5.65 Å². The maximum Gasteiger partial charge on any atom is 0.259 e. The molecule has 0 unspecified atom stereocenters. The van der Waals surface area contributed by atoms with Crippen LogP contribution in [0.5, 0.6) is 0 Å². The van der Waals surface area contributed by atoms with Gasteiger partial charge in [-0.05, 0) is 32.9 Å². The molecule has 2 aromatic rings. The molecule has 8 heteroatoms. The van der Waals surface area contributed by atoms with Gasteiger partial charge in [-0.2, -0.15) is 16.9 Å². The summed E-state index contributed by atoms with van der Waals surface area (Å²) in [5.74, 6) is 2.19. The largest absolute Gasteiger partial charge is 0.337 e. The summed E-state index contributed by atoms with van der Waals surface area (Å²) in [6, 6.07) is 1.64. The van der Waals surface area contributed by atoms with Gasteiger partial charge in [-0.25, -0.2) is 4.52 Å². The van der Waals surface area contributed by atoms with Crippen LogP contribution in [0.4, 0.5) is 0 Å². The Balaban J connectivity index is 1.80. The molecule has 2 saturated heterocycles. The Bertz CT molecular complexity index is 847. The van der Waals surface area contributed by atoms with Crippen molar-refractivity contribution in [3.63, 3.8) is 0 Å². The average Bonchev–Trinajstić information content (AvgIpc) is 2.97. The first-order valence-corrected chi connectivity index (χ1v) is 10.0. The number of piperidine rings is 1. The van der Waals surface area contributed by atoms with Gasteiger partial charge >= 0.3 is 0 Å². The molecule has 1 amide bonds. The zero-order valence-corrected chi connectivity index (χ0v) is 15.2. The van der Waals surface area contributed by atoms with Gasteiger partial charge in [0.2, 0.25) is 0 Å². The molecule has 2 aliphatic heterocycles. The number of thioether (sulfide) groups is 1. The van der Waals surface area contributed by atoms with Gasteiger partial charge in [0.15, 0.2) is 0 Å². The predicted molar refractivity (Wildman–Crippen MR) is 98.6 cm³/mol. The monoisotopic (exact) mass is 361 g/mol. The molecule has 25 heavy (non-hydrogen) atoms. The van der Waals surface area contributed by atoms with Gasteiger partial charge in [0.25, 0.3) is 11.5 Å². The molecule has 2 aliphatic rings. The molecule has 0 atom stereocenters. The number of nitrogens with one attached hydrogen (secondary N) is 2. The molecule has 4 heterocycles. The van der Waals surface area contributed by atoms with E-state index in [1.807, 2.05) is 23.6 Å². The van der Waals surface area contributed by atoms with Crippen LogP contribution in [-0.2, 0) is 0 Å². The molecule has 2 N–H and O–H groups in total. The van der Waals surface area contributed by atoms with Crippen LogP contribution < -0.4 is 10.9 Å². The van der Waals surface area contributed by atoms with Crippen molar-refractivity contribution in [1.29, 1.82) is 0 Å². The summed E-state index contributed by atoms with van der Waals surface area (Å²) in [4.78, 5) is 30.0. The van der Waals surface area contributed by atoms with Crippen LogP contribution in [-0.4, -0.2) is 63.1 Å². The van der Waals surface area contributed by atoms with Crippen molar-refractivity contribution in [2.24, 2.45) is 0 Å². The third-order valence-electron chi connectivity index (χ3n) is 5.10. The van der Waals surface area contributed by atoms with Crippen LogP contribution in [0.3, 0.4) is 0 Å². The third kappa shape index (κ3) is 3.08. The quantitative estimate of drug-likeness (QED) is 0.833. The summed E-state index contributed by atoms with van der Waals surface area (Å²) in [6.07, 6.45) is 1.95. The van der Waals surface area contributed by atoms with Crippen LogP contribution in [0, 0.1) is 6.92 Å². The lowest BCUT2D eigenvalue weighted by atomic mass is 9.94. The first-order valence-electron chi connectivity index (χ1n) is 8.85. The van der Waals surface area contributed by atoms with Crippen molar-refractivity contribution >= 4 is 23.3 Å². The Morgan fingerprint density at radius 2 is 2.00 bits per heavy atom. The number of aryl methyl sites for hydroxylation is 1. The van der Waals surface area contributed by atoms with E-state index in [1.165, 1.54) is 0 Å². The minimum atomic E-state index is -0.163. The molecule has 2 fully saturated rings. The van der Waals surface area contributed by atoms with Gasteiger partial charge < -0.3 is 15.2 Å². The summed E-state index contributed by atoms with van der Waals surface area (Å²) < 4.78 is 1.79. The van der Waals surface area contributed by atoms with Gasteiger partial charge in [0.1, 0.15) is 11.2 Å². The van der Waals surface area contributed by atoms with Gasteiger partial charge in [-0.15, -0.1) is 0 Å². The number of carbonyl (C=O) groups is 1. The summed E-state index contributed by atoms with van der Waals surface area (Å²) in [6.45, 7) is 5.23. The Morgan fingerprint density at radius 3 is 2.72 bits per heavy atom. The fraction of sp³-hybridized carbons (Fsp3) is 0.588. The van der Waals surface area contributed by atoms with E-state index in [4.69, 9.17) is 0 Å². The highest BCUT2D eigenvalue weighted by Crippen LogP contribution is 2.26. The summed E-state index contributed by atoms with van der Waals surface area (Å²) in [5.41, 5.74) is 2.52. The second-order valence-corrected chi connectivity index (χ2v) is 7.93. The summed E-state index contributed by atoms with van der Waals surface area (Å²) in [7, 11) is 0. The molecule has 0 aromatic carbocycles. The molecular formula is C17H23N5O2S. The zero-order chi connectivity index (χ0) is 17.4. The standard InChI is InChI=1S/C17H23N5O2S/c1-11-15(17(24)21-6-8-25-9-7-21)16-19-14(23)10-13(22(16)20-11)12-2-4-18-5-3-12/h10,12,18H,2-9H2,1H3,(H,19,23). The molecule has 0 saturated carbocycles. The lowest BCUT2D eigenvalue weighted by Crippen LogP contribution is -2.38. The molecule has 0 aliphatic carbocycles. The van der Waals surface area contributed by atoms with Gasteiger partial charge in [-0.3, -0.25) is 9.59 Å². The summed E-state index contributed by atoms with van der Waals surface area (Å²) >= 11 is 1.87. The molecule has 0 bridgehead atoms. The Labute approximate surface area is 150 Å². The van der Waals surface area contributed by atoms with Crippen LogP contribution in [0.15, 0.2) is 10.9 Å². The lowest BCUT2D eigenvalue weighted by molar-refractivity contribution is 0.0773. The van der Waals surface area contributed by atoms with E-state index >= 15 is 0 Å². The van der Waals surface area contributed by atoms with Crippen LogP contribution in [0.2, 0.25) is 0 Å².